The number of carboxylic acid groups (broad SMARTS) is 1. The smallest absolute Gasteiger partial charge is 0.305 e. The molecule has 0 aliphatic carbocycles. The number of carboxylic acids is 1. The first-order valence-corrected chi connectivity index (χ1v) is 47.8. The van der Waals surface area contributed by atoms with E-state index in [4.69, 9.17) is 176 Å². The lowest BCUT2D eigenvalue weighted by molar-refractivity contribution is -0.138. The first-order valence-electron chi connectivity index (χ1n) is 47.8. The van der Waals surface area contributed by atoms with Crippen LogP contribution in [0.3, 0.4) is 0 Å². The van der Waals surface area contributed by atoms with Crippen LogP contribution in [0.1, 0.15) is 36.0 Å². The number of para-hydroxylation sites is 1. The van der Waals surface area contributed by atoms with Crippen LogP contribution < -0.4 is 10.2 Å². The van der Waals surface area contributed by atoms with Crippen molar-refractivity contribution < 1.29 is 190 Å². The highest BCUT2D eigenvalue weighted by atomic mass is 16.6. The number of carbonyl (C=O) groups is 3. The van der Waals surface area contributed by atoms with Crippen LogP contribution in [0.5, 0.6) is 0 Å². The number of fused-ring (bicyclic) bond motifs is 2. The van der Waals surface area contributed by atoms with Crippen molar-refractivity contribution in [1.82, 2.24) is 5.32 Å². The summed E-state index contributed by atoms with van der Waals surface area (Å²) in [5.41, 5.74) is 3.38. The molecule has 42 heteroatoms. The van der Waals surface area contributed by atoms with Gasteiger partial charge >= 0.3 is 5.97 Å². The van der Waals surface area contributed by atoms with Crippen molar-refractivity contribution in [2.75, 3.05) is 487 Å². The van der Waals surface area contributed by atoms with E-state index in [1.807, 2.05) is 48.5 Å². The monoisotopic (exact) mass is 1960 g/mol. The van der Waals surface area contributed by atoms with Gasteiger partial charge in [-0.25, -0.2) is 0 Å². The quantitative estimate of drug-likeness (QED) is 0.0710. The van der Waals surface area contributed by atoms with Crippen LogP contribution in [0.15, 0.2) is 48.5 Å². The number of anilines is 1. The molecule has 136 heavy (non-hydrogen) atoms. The number of benzene rings is 2. The fourth-order valence-corrected chi connectivity index (χ4v) is 10.9. The largest absolute Gasteiger partial charge is 0.481 e. The van der Waals surface area contributed by atoms with Crippen LogP contribution in [0.4, 0.5) is 5.69 Å². The van der Waals surface area contributed by atoms with E-state index >= 15 is 0 Å². The van der Waals surface area contributed by atoms with E-state index in [1.54, 1.807) is 4.90 Å². The molecule has 0 radical (unpaired) electrons. The number of amides is 2. The maximum Gasteiger partial charge on any atom is 0.305 e. The van der Waals surface area contributed by atoms with Gasteiger partial charge in [-0.3, -0.25) is 14.4 Å². The standard InChI is InChI=1S/C94H164N2O40/c97-92(11-12-93(98)96-87-90-7-2-1-5-88(90)9-10-89-6-3-4-8-91(89)96)95-14-16-102-18-20-104-22-24-106-26-28-108-30-32-110-34-36-112-38-40-114-42-44-116-46-48-118-50-52-120-54-56-122-58-60-124-62-64-126-66-68-128-70-72-130-74-76-132-78-80-134-82-84-136-86-85-135-83-81-133-79-77-131-75-73-129-71-69-127-67-65-125-63-61-123-59-57-121-55-53-119-51-49-117-47-45-115-43-41-113-39-37-111-35-33-109-31-29-107-27-25-105-23-21-103-19-17-101-15-13-94(99)100/h1-8H,11-87H2,(H,95,97)(H,99,100). The molecule has 0 saturated heterocycles. The minimum Gasteiger partial charge on any atom is -0.481 e. The van der Waals surface area contributed by atoms with Gasteiger partial charge in [0, 0.05) is 30.5 Å². The molecule has 0 bridgehead atoms. The second-order valence-corrected chi connectivity index (χ2v) is 28.4. The highest BCUT2D eigenvalue weighted by Gasteiger charge is 2.22. The number of carbonyl (C=O) groups excluding carboxylic acids is 2. The SMILES string of the molecule is O=C(O)CCOCCOCCOCCOCCOCCOCCOCCOCCOCCOCCOCCOCCOCCOCCOCCOCCOCCOCCOCCOCCOCCOCCOCCOCCOCCOCCOCCOCCOCCOCCOCCOCCOCCOCCOCCOCCNC(=O)CCC(=O)N1Cc2ccccc2C#Cc2ccccc21. The lowest BCUT2D eigenvalue weighted by atomic mass is 10.0. The minimum absolute atomic E-state index is 0.0137. The van der Waals surface area contributed by atoms with Crippen molar-refractivity contribution in [3.8, 4) is 11.8 Å². The third-order valence-electron chi connectivity index (χ3n) is 17.8. The molecule has 2 aromatic rings. The predicted molar refractivity (Wildman–Crippen MR) is 494 cm³/mol. The lowest BCUT2D eigenvalue weighted by Gasteiger charge is -2.26. The molecule has 1 aliphatic heterocycles. The molecule has 2 N–H and O–H groups in total. The van der Waals surface area contributed by atoms with Crippen LogP contribution in [0, 0.1) is 11.8 Å². The molecule has 3 rings (SSSR count). The van der Waals surface area contributed by atoms with Crippen LogP contribution >= 0.6 is 0 Å². The molecule has 1 aliphatic rings. The Kier molecular flexibility index (Phi) is 97.3. The molecule has 0 unspecified atom stereocenters. The summed E-state index contributed by atoms with van der Waals surface area (Å²) in [5.74, 6) is 5.18. The Bertz CT molecular complexity index is 2860. The number of hydrogen-bond donors (Lipinski definition) is 2. The first-order chi connectivity index (χ1) is 67.5. The zero-order valence-electron chi connectivity index (χ0n) is 80.9. The Labute approximate surface area is 805 Å². The molecule has 0 aromatic heterocycles. The number of aliphatic carboxylic acids is 1. The fourth-order valence-electron chi connectivity index (χ4n) is 10.9. The average Bonchev–Trinajstić information content (AvgIpc) is 0.803. The molecular weight excluding hydrogens is 1800 g/mol. The number of hydrogen-bond acceptors (Lipinski definition) is 39. The Morgan fingerprint density at radius 2 is 0.382 bits per heavy atom. The summed E-state index contributed by atoms with van der Waals surface area (Å²) in [6, 6.07) is 15.4. The highest BCUT2D eigenvalue weighted by Crippen LogP contribution is 2.26. The van der Waals surface area contributed by atoms with Crippen molar-refractivity contribution in [1.29, 1.82) is 0 Å². The van der Waals surface area contributed by atoms with Crippen LogP contribution in [-0.4, -0.2) is 505 Å². The van der Waals surface area contributed by atoms with Gasteiger partial charge in [0.15, 0.2) is 0 Å². The van der Waals surface area contributed by atoms with Gasteiger partial charge < -0.3 is 186 Å². The molecule has 0 atom stereocenters. The van der Waals surface area contributed by atoms with Crippen molar-refractivity contribution in [2.24, 2.45) is 0 Å². The van der Waals surface area contributed by atoms with E-state index in [9.17, 15) is 14.4 Å². The second-order valence-electron chi connectivity index (χ2n) is 28.4. The van der Waals surface area contributed by atoms with Crippen molar-refractivity contribution >= 4 is 23.5 Å². The van der Waals surface area contributed by atoms with E-state index in [1.165, 1.54) is 0 Å². The fraction of sp³-hybridized carbons (Fsp3) is 0.819. The van der Waals surface area contributed by atoms with Gasteiger partial charge in [0.1, 0.15) is 0 Å². The molecule has 0 saturated carbocycles. The average molecular weight is 1960 g/mol. The van der Waals surface area contributed by atoms with Crippen LogP contribution in [0.25, 0.3) is 0 Å². The first kappa shape index (κ1) is 125. The number of nitrogens with one attached hydrogen (secondary N) is 1. The van der Waals surface area contributed by atoms with Crippen molar-refractivity contribution in [3.63, 3.8) is 0 Å². The summed E-state index contributed by atoms with van der Waals surface area (Å²) in [7, 11) is 0. The molecule has 1 heterocycles. The molecule has 42 nitrogen and oxygen atoms in total. The van der Waals surface area contributed by atoms with Gasteiger partial charge in [-0.15, -0.1) is 0 Å². The van der Waals surface area contributed by atoms with Gasteiger partial charge in [-0.1, -0.05) is 42.2 Å². The summed E-state index contributed by atoms with van der Waals surface area (Å²) < 4.78 is 199. The summed E-state index contributed by atoms with van der Waals surface area (Å²) in [4.78, 5) is 38.0. The zero-order valence-corrected chi connectivity index (χ0v) is 80.9. The minimum atomic E-state index is -0.883. The maximum absolute atomic E-state index is 13.4. The van der Waals surface area contributed by atoms with Crippen LogP contribution in [-0.2, 0) is 191 Å². The number of ether oxygens (including phenoxy) is 36. The number of rotatable bonds is 114. The Hall–Kier alpha value is -5.03. The molecule has 2 aromatic carbocycles. The van der Waals surface area contributed by atoms with Crippen molar-refractivity contribution in [2.45, 2.75) is 25.8 Å². The molecule has 0 spiro atoms. The van der Waals surface area contributed by atoms with Gasteiger partial charge in [0.2, 0.25) is 11.8 Å². The van der Waals surface area contributed by atoms with E-state index in [0.717, 1.165) is 22.4 Å². The Morgan fingerprint density at radius 3 is 0.588 bits per heavy atom. The van der Waals surface area contributed by atoms with E-state index in [2.05, 4.69) is 17.2 Å². The van der Waals surface area contributed by atoms with E-state index in [0.29, 0.717) is 482 Å². The predicted octanol–water partition coefficient (Wildman–Crippen LogP) is 2.90. The zero-order chi connectivity index (χ0) is 96.3. The van der Waals surface area contributed by atoms with E-state index in [-0.39, 0.29) is 37.7 Å². The Morgan fingerprint density at radius 1 is 0.213 bits per heavy atom. The molecular formula is C94H164N2O40. The summed E-state index contributed by atoms with van der Waals surface area (Å²) in [6.07, 6.45) is 0.138. The Balaban J connectivity index is 0.832. The van der Waals surface area contributed by atoms with E-state index < -0.39 is 5.97 Å². The van der Waals surface area contributed by atoms with Gasteiger partial charge in [0.05, 0.1) is 494 Å². The molecule has 0 fully saturated rings. The topological polar surface area (TPSA) is 419 Å². The number of nitrogens with zero attached hydrogens (tertiary/aromatic N) is 1. The summed E-state index contributed by atoms with van der Waals surface area (Å²) >= 11 is 0. The highest BCUT2D eigenvalue weighted by molar-refractivity contribution is 5.97. The molecule has 2 amide bonds. The maximum atomic E-state index is 13.4. The van der Waals surface area contributed by atoms with Crippen molar-refractivity contribution in [3.05, 3.63) is 65.2 Å². The van der Waals surface area contributed by atoms with Gasteiger partial charge in [-0.2, -0.15) is 0 Å². The van der Waals surface area contributed by atoms with Gasteiger partial charge in [-0.05, 0) is 23.8 Å². The summed E-state index contributed by atoms with van der Waals surface area (Å²) in [6.45, 7) is 33.5. The second kappa shape index (κ2) is 106. The summed E-state index contributed by atoms with van der Waals surface area (Å²) in [5, 5.41) is 11.4. The molecule has 790 valence electrons. The third-order valence-corrected chi connectivity index (χ3v) is 17.8. The lowest BCUT2D eigenvalue weighted by Crippen LogP contribution is -2.34. The van der Waals surface area contributed by atoms with Crippen LogP contribution in [0.2, 0.25) is 0 Å². The van der Waals surface area contributed by atoms with Gasteiger partial charge in [0.25, 0.3) is 0 Å². The third kappa shape index (κ3) is 90.3. The normalized spacial score (nSPS) is 12.0.